The zero-order chi connectivity index (χ0) is 18.0. The van der Waals surface area contributed by atoms with Crippen molar-refractivity contribution in [3.63, 3.8) is 0 Å². The lowest BCUT2D eigenvalue weighted by Gasteiger charge is -2.23. The normalized spacial score (nSPS) is 13.4. The number of hydrogen-bond donors (Lipinski definition) is 2. The minimum atomic E-state index is -0.215. The molecule has 1 aliphatic carbocycles. The number of phenolic OH excluding ortho intramolecular Hbond substituents is 1. The first-order valence-corrected chi connectivity index (χ1v) is 8.61. The average molecular weight is 381 g/mol. The molecule has 1 aliphatic rings. The fourth-order valence-corrected chi connectivity index (χ4v) is 3.12. The number of nitrogens with zero attached hydrogens (tertiary/aromatic N) is 1. The summed E-state index contributed by atoms with van der Waals surface area (Å²) in [6, 6.07) is 9.97. The molecule has 0 radical (unpaired) electrons. The number of halogens is 2. The molecule has 1 saturated carbocycles. The molecule has 0 saturated heterocycles. The van der Waals surface area contributed by atoms with Gasteiger partial charge in [-0.15, -0.1) is 0 Å². The monoisotopic (exact) mass is 380 g/mol. The van der Waals surface area contributed by atoms with E-state index in [2.05, 4.69) is 5.32 Å². The van der Waals surface area contributed by atoms with E-state index in [-0.39, 0.29) is 17.8 Å². The Labute approximate surface area is 156 Å². The first-order chi connectivity index (χ1) is 12.0. The maximum Gasteiger partial charge on any atom is 0.322 e. The van der Waals surface area contributed by atoms with Gasteiger partial charge in [-0.25, -0.2) is 4.79 Å². The smallest absolute Gasteiger partial charge is 0.322 e. The molecule has 0 unspecified atom stereocenters. The van der Waals surface area contributed by atoms with Gasteiger partial charge in [-0.3, -0.25) is 0 Å². The van der Waals surface area contributed by atoms with E-state index < -0.39 is 0 Å². The number of methoxy groups -OCH3 is 1. The summed E-state index contributed by atoms with van der Waals surface area (Å²) < 4.78 is 5.13. The second-order valence-corrected chi connectivity index (χ2v) is 6.83. The lowest BCUT2D eigenvalue weighted by molar-refractivity contribution is 0.206. The summed E-state index contributed by atoms with van der Waals surface area (Å²) >= 11 is 12.0. The number of urea groups is 1. The van der Waals surface area contributed by atoms with E-state index in [0.29, 0.717) is 28.0 Å². The molecule has 2 aromatic carbocycles. The Morgan fingerprint density at radius 3 is 2.52 bits per heavy atom. The van der Waals surface area contributed by atoms with Crippen LogP contribution >= 0.6 is 23.2 Å². The van der Waals surface area contributed by atoms with Crippen LogP contribution in [0.1, 0.15) is 18.4 Å². The van der Waals surface area contributed by atoms with Crippen molar-refractivity contribution in [3.8, 4) is 11.5 Å². The molecule has 132 valence electrons. The van der Waals surface area contributed by atoms with E-state index in [0.717, 1.165) is 18.4 Å². The highest BCUT2D eigenvalue weighted by molar-refractivity contribution is 6.35. The number of phenols is 1. The van der Waals surface area contributed by atoms with Crippen LogP contribution < -0.4 is 10.1 Å². The predicted octanol–water partition coefficient (Wildman–Crippen LogP) is 4.90. The van der Waals surface area contributed by atoms with Gasteiger partial charge < -0.3 is 20.1 Å². The molecule has 5 nitrogen and oxygen atoms in total. The third-order valence-corrected chi connectivity index (χ3v) is 4.40. The van der Waals surface area contributed by atoms with Gasteiger partial charge in [0.1, 0.15) is 0 Å². The van der Waals surface area contributed by atoms with Gasteiger partial charge in [-0.05, 0) is 48.7 Å². The molecule has 2 aromatic rings. The lowest BCUT2D eigenvalue weighted by Crippen LogP contribution is -2.36. The first kappa shape index (κ1) is 17.7. The van der Waals surface area contributed by atoms with Crippen molar-refractivity contribution in [1.82, 2.24) is 4.90 Å². The Morgan fingerprint density at radius 1 is 1.24 bits per heavy atom. The number of anilines is 1. The van der Waals surface area contributed by atoms with Crippen molar-refractivity contribution in [2.75, 3.05) is 12.4 Å². The molecular formula is C18H18Cl2N2O3. The molecule has 1 fully saturated rings. The van der Waals surface area contributed by atoms with E-state index in [4.69, 9.17) is 27.9 Å². The molecule has 0 atom stereocenters. The van der Waals surface area contributed by atoms with Gasteiger partial charge in [-0.1, -0.05) is 29.3 Å². The van der Waals surface area contributed by atoms with Gasteiger partial charge in [0, 0.05) is 28.3 Å². The van der Waals surface area contributed by atoms with Crippen molar-refractivity contribution >= 4 is 34.9 Å². The van der Waals surface area contributed by atoms with Crippen molar-refractivity contribution in [3.05, 3.63) is 52.0 Å². The predicted molar refractivity (Wildman–Crippen MR) is 98.7 cm³/mol. The average Bonchev–Trinajstić information content (AvgIpc) is 3.37. The fourth-order valence-electron chi connectivity index (χ4n) is 2.59. The standard InChI is InChI=1S/C18H18Cl2N2O3/c1-25-17-6-11(2-5-16(17)23)10-22(15-3-4-15)18(24)21-14-8-12(19)7-13(20)9-14/h2,5-9,15,23H,3-4,10H2,1H3,(H,21,24). The zero-order valence-electron chi connectivity index (χ0n) is 13.6. The molecule has 0 bridgehead atoms. The van der Waals surface area contributed by atoms with Crippen LogP contribution in [0, 0.1) is 0 Å². The molecular weight excluding hydrogens is 363 g/mol. The Balaban J connectivity index is 1.75. The summed E-state index contributed by atoms with van der Waals surface area (Å²) in [7, 11) is 1.49. The van der Waals surface area contributed by atoms with Crippen LogP contribution in [0.25, 0.3) is 0 Å². The number of carbonyl (C=O) groups excluding carboxylic acids is 1. The first-order valence-electron chi connectivity index (χ1n) is 7.86. The highest BCUT2D eigenvalue weighted by Gasteiger charge is 2.32. The number of nitrogens with one attached hydrogen (secondary N) is 1. The largest absolute Gasteiger partial charge is 0.504 e. The number of rotatable bonds is 5. The second kappa shape index (κ2) is 7.42. The number of ether oxygens (including phenoxy) is 1. The van der Waals surface area contributed by atoms with Gasteiger partial charge >= 0.3 is 6.03 Å². The quantitative estimate of drug-likeness (QED) is 0.774. The summed E-state index contributed by atoms with van der Waals surface area (Å²) in [4.78, 5) is 14.5. The van der Waals surface area contributed by atoms with E-state index in [1.807, 2.05) is 0 Å². The number of aromatic hydroxyl groups is 1. The maximum atomic E-state index is 12.7. The van der Waals surface area contributed by atoms with E-state index in [9.17, 15) is 9.90 Å². The minimum absolute atomic E-state index is 0.0715. The van der Waals surface area contributed by atoms with Crippen molar-refractivity contribution in [2.24, 2.45) is 0 Å². The summed E-state index contributed by atoms with van der Waals surface area (Å²) in [5, 5.41) is 13.5. The van der Waals surface area contributed by atoms with Crippen LogP contribution in [0.3, 0.4) is 0 Å². The zero-order valence-corrected chi connectivity index (χ0v) is 15.1. The second-order valence-electron chi connectivity index (χ2n) is 5.95. The molecule has 0 aromatic heterocycles. The van der Waals surface area contributed by atoms with Crippen molar-refractivity contribution in [2.45, 2.75) is 25.4 Å². The lowest BCUT2D eigenvalue weighted by atomic mass is 10.2. The van der Waals surface area contributed by atoms with Crippen molar-refractivity contribution in [1.29, 1.82) is 0 Å². The van der Waals surface area contributed by atoms with Crippen LogP contribution in [0.5, 0.6) is 11.5 Å². The maximum absolute atomic E-state index is 12.7. The number of amides is 2. The number of benzene rings is 2. The minimum Gasteiger partial charge on any atom is -0.504 e. The Morgan fingerprint density at radius 2 is 1.92 bits per heavy atom. The van der Waals surface area contributed by atoms with Crippen LogP contribution in [-0.2, 0) is 6.54 Å². The van der Waals surface area contributed by atoms with Gasteiger partial charge in [-0.2, -0.15) is 0 Å². The molecule has 2 amide bonds. The summed E-state index contributed by atoms with van der Waals surface area (Å²) in [6.45, 7) is 0.418. The number of carbonyl (C=O) groups is 1. The molecule has 7 heteroatoms. The Hall–Kier alpha value is -2.11. The van der Waals surface area contributed by atoms with E-state index >= 15 is 0 Å². The molecule has 0 aliphatic heterocycles. The highest BCUT2D eigenvalue weighted by atomic mass is 35.5. The molecule has 0 spiro atoms. The van der Waals surface area contributed by atoms with E-state index in [1.165, 1.54) is 7.11 Å². The molecule has 2 N–H and O–H groups in total. The Kier molecular flexibility index (Phi) is 5.25. The topological polar surface area (TPSA) is 61.8 Å². The number of hydrogen-bond acceptors (Lipinski definition) is 3. The van der Waals surface area contributed by atoms with Crippen LogP contribution in [0.4, 0.5) is 10.5 Å². The molecule has 3 rings (SSSR count). The fraction of sp³-hybridized carbons (Fsp3) is 0.278. The van der Waals surface area contributed by atoms with Gasteiger partial charge in [0.2, 0.25) is 0 Å². The van der Waals surface area contributed by atoms with Gasteiger partial charge in [0.15, 0.2) is 11.5 Å². The van der Waals surface area contributed by atoms with Gasteiger partial charge in [0.25, 0.3) is 0 Å². The Bertz CT molecular complexity index is 774. The summed E-state index contributed by atoms with van der Waals surface area (Å²) in [5.41, 5.74) is 1.43. The highest BCUT2D eigenvalue weighted by Crippen LogP contribution is 2.32. The molecule has 25 heavy (non-hydrogen) atoms. The van der Waals surface area contributed by atoms with Crippen molar-refractivity contribution < 1.29 is 14.6 Å². The molecule has 0 heterocycles. The summed E-state index contributed by atoms with van der Waals surface area (Å²) in [6.07, 6.45) is 1.94. The summed E-state index contributed by atoms with van der Waals surface area (Å²) in [5.74, 6) is 0.456. The van der Waals surface area contributed by atoms with E-state index in [1.54, 1.807) is 41.3 Å². The van der Waals surface area contributed by atoms with Gasteiger partial charge in [0.05, 0.1) is 7.11 Å². The third-order valence-electron chi connectivity index (χ3n) is 3.96. The van der Waals surface area contributed by atoms with Crippen LogP contribution in [-0.4, -0.2) is 29.2 Å². The van der Waals surface area contributed by atoms with Crippen LogP contribution in [0.15, 0.2) is 36.4 Å². The van der Waals surface area contributed by atoms with Crippen LogP contribution in [0.2, 0.25) is 10.0 Å². The third kappa shape index (κ3) is 4.50. The SMILES string of the molecule is COc1cc(CN(C(=O)Nc2cc(Cl)cc(Cl)c2)C2CC2)ccc1O.